The van der Waals surface area contributed by atoms with Gasteiger partial charge in [0.2, 0.25) is 5.95 Å². The number of pyridine rings is 1. The fraction of sp³-hybridized carbons (Fsp3) is 0.542. The normalized spacial score (nSPS) is 25.0. The lowest BCUT2D eigenvalue weighted by molar-refractivity contribution is 0.00446. The van der Waals surface area contributed by atoms with Crippen molar-refractivity contribution in [1.29, 1.82) is 0 Å². The van der Waals surface area contributed by atoms with Crippen molar-refractivity contribution >= 4 is 22.7 Å². The number of aliphatic hydroxyl groups is 3. The van der Waals surface area contributed by atoms with Gasteiger partial charge in [-0.1, -0.05) is 0 Å². The Labute approximate surface area is 192 Å². The average molecular weight is 454 g/mol. The molecule has 0 bridgehead atoms. The molecule has 2 fully saturated rings. The van der Waals surface area contributed by atoms with E-state index in [2.05, 4.69) is 20.6 Å². The summed E-state index contributed by atoms with van der Waals surface area (Å²) in [6.45, 7) is 6.41. The molecule has 2 aliphatic rings. The molecule has 33 heavy (non-hydrogen) atoms. The minimum absolute atomic E-state index is 0.185. The van der Waals surface area contributed by atoms with E-state index in [0.717, 1.165) is 29.0 Å². The maximum Gasteiger partial charge on any atom is 0.224 e. The Balaban J connectivity index is 1.55. The third-order valence-corrected chi connectivity index (χ3v) is 6.74. The van der Waals surface area contributed by atoms with Gasteiger partial charge < -0.3 is 30.4 Å². The Kier molecular flexibility index (Phi) is 5.72. The second kappa shape index (κ2) is 8.55. The van der Waals surface area contributed by atoms with Crippen molar-refractivity contribution < 1.29 is 19.7 Å². The number of hydrogen-bond donors (Lipinski definition) is 5. The molecule has 0 aliphatic heterocycles. The zero-order chi connectivity index (χ0) is 23.3. The minimum Gasteiger partial charge on any atom is -0.454 e. The molecule has 2 saturated carbocycles. The number of aliphatic hydroxyl groups excluding tert-OH is 3. The molecule has 3 aromatic rings. The Morgan fingerprint density at radius 2 is 1.82 bits per heavy atom. The van der Waals surface area contributed by atoms with E-state index in [-0.39, 0.29) is 12.5 Å². The van der Waals surface area contributed by atoms with Crippen LogP contribution in [-0.4, -0.2) is 61.7 Å². The molecule has 0 amide bonds. The summed E-state index contributed by atoms with van der Waals surface area (Å²) >= 11 is 0. The van der Waals surface area contributed by atoms with E-state index in [1.165, 1.54) is 12.8 Å². The molecule has 3 aromatic heterocycles. The number of hydrogen-bond acceptors (Lipinski definition) is 9. The summed E-state index contributed by atoms with van der Waals surface area (Å²) in [4.78, 5) is 13.9. The second-order valence-corrected chi connectivity index (χ2v) is 9.47. The number of nitrogens with zero attached hydrogens (tertiary/aromatic N) is 3. The van der Waals surface area contributed by atoms with Crippen LogP contribution in [0.1, 0.15) is 36.3 Å². The highest BCUT2D eigenvalue weighted by Crippen LogP contribution is 2.38. The van der Waals surface area contributed by atoms with Gasteiger partial charge in [0.15, 0.2) is 5.58 Å². The van der Waals surface area contributed by atoms with Crippen LogP contribution in [0.2, 0.25) is 0 Å². The first-order valence-corrected chi connectivity index (χ1v) is 11.6. The number of anilines is 2. The lowest BCUT2D eigenvalue weighted by atomic mass is 10.1. The molecule has 0 unspecified atom stereocenters. The Hall–Kier alpha value is -2.75. The fourth-order valence-corrected chi connectivity index (χ4v) is 4.72. The summed E-state index contributed by atoms with van der Waals surface area (Å²) in [7, 11) is 0. The largest absolute Gasteiger partial charge is 0.454 e. The van der Waals surface area contributed by atoms with E-state index in [0.29, 0.717) is 41.0 Å². The first kappa shape index (κ1) is 22.1. The quantitative estimate of drug-likeness (QED) is 0.365. The summed E-state index contributed by atoms with van der Waals surface area (Å²) in [6, 6.07) is 3.48. The molecular weight excluding hydrogens is 422 g/mol. The molecule has 0 saturated heterocycles. The SMILES string of the molecule is Cc1cc2cc(-c3c(C)nc(NCC4CC4)nc3N[C@@H]3C[C@H](CO)[C@@H](O)[C@H]3O)oc2c(C)n1. The van der Waals surface area contributed by atoms with Crippen LogP contribution in [0.3, 0.4) is 0 Å². The van der Waals surface area contributed by atoms with E-state index in [9.17, 15) is 15.3 Å². The van der Waals surface area contributed by atoms with Crippen molar-refractivity contribution in [2.75, 3.05) is 23.8 Å². The van der Waals surface area contributed by atoms with E-state index in [4.69, 9.17) is 9.40 Å². The highest BCUT2D eigenvalue weighted by atomic mass is 16.3. The summed E-state index contributed by atoms with van der Waals surface area (Å²) in [5, 5.41) is 38.0. The first-order chi connectivity index (χ1) is 15.8. The average Bonchev–Trinajstić information content (AvgIpc) is 3.45. The van der Waals surface area contributed by atoms with Gasteiger partial charge in [-0.15, -0.1) is 0 Å². The Morgan fingerprint density at radius 3 is 2.52 bits per heavy atom. The predicted molar refractivity (Wildman–Crippen MR) is 125 cm³/mol. The smallest absolute Gasteiger partial charge is 0.224 e. The van der Waals surface area contributed by atoms with E-state index in [1.54, 1.807) is 0 Å². The molecular formula is C24H31N5O4. The Morgan fingerprint density at radius 1 is 1.03 bits per heavy atom. The van der Waals surface area contributed by atoms with Gasteiger partial charge in [-0.3, -0.25) is 4.98 Å². The van der Waals surface area contributed by atoms with Gasteiger partial charge in [-0.25, -0.2) is 4.98 Å². The van der Waals surface area contributed by atoms with Crippen LogP contribution in [0.15, 0.2) is 16.5 Å². The van der Waals surface area contributed by atoms with Gasteiger partial charge in [0, 0.05) is 30.1 Å². The number of fused-ring (bicyclic) bond motifs is 1. The van der Waals surface area contributed by atoms with Gasteiger partial charge in [0.1, 0.15) is 17.7 Å². The molecule has 5 rings (SSSR count). The number of rotatable bonds is 7. The van der Waals surface area contributed by atoms with Crippen LogP contribution >= 0.6 is 0 Å². The molecule has 5 N–H and O–H groups in total. The highest BCUT2D eigenvalue weighted by Gasteiger charge is 2.41. The molecule has 9 heteroatoms. The molecule has 0 aromatic carbocycles. The van der Waals surface area contributed by atoms with E-state index >= 15 is 0 Å². The highest BCUT2D eigenvalue weighted by molar-refractivity contribution is 5.87. The van der Waals surface area contributed by atoms with Crippen LogP contribution in [0.25, 0.3) is 22.3 Å². The number of aromatic nitrogens is 3. The number of aryl methyl sites for hydroxylation is 3. The molecule has 4 atom stereocenters. The third kappa shape index (κ3) is 4.28. The van der Waals surface area contributed by atoms with Gasteiger partial charge in [-0.2, -0.15) is 4.98 Å². The lowest BCUT2D eigenvalue weighted by Gasteiger charge is -2.21. The van der Waals surface area contributed by atoms with Crippen LogP contribution in [-0.2, 0) is 0 Å². The van der Waals surface area contributed by atoms with Crippen LogP contribution in [0, 0.1) is 32.6 Å². The van der Waals surface area contributed by atoms with Crippen LogP contribution < -0.4 is 10.6 Å². The van der Waals surface area contributed by atoms with Crippen LogP contribution in [0.5, 0.6) is 0 Å². The van der Waals surface area contributed by atoms with Crippen molar-refractivity contribution in [3.63, 3.8) is 0 Å². The van der Waals surface area contributed by atoms with Crippen molar-refractivity contribution in [2.24, 2.45) is 11.8 Å². The maximum absolute atomic E-state index is 10.6. The summed E-state index contributed by atoms with van der Waals surface area (Å²) < 4.78 is 6.21. The first-order valence-electron chi connectivity index (χ1n) is 11.6. The molecule has 2 aliphatic carbocycles. The van der Waals surface area contributed by atoms with E-state index in [1.807, 2.05) is 32.9 Å². The number of furan rings is 1. The Bertz CT molecular complexity index is 1180. The zero-order valence-electron chi connectivity index (χ0n) is 19.2. The molecule has 0 radical (unpaired) electrons. The molecule has 9 nitrogen and oxygen atoms in total. The summed E-state index contributed by atoms with van der Waals surface area (Å²) in [5.74, 6) is 1.93. The van der Waals surface area contributed by atoms with Crippen molar-refractivity contribution in [3.05, 3.63) is 29.2 Å². The molecule has 176 valence electrons. The summed E-state index contributed by atoms with van der Waals surface area (Å²) in [5.41, 5.74) is 3.88. The molecule has 3 heterocycles. The zero-order valence-corrected chi connectivity index (χ0v) is 19.2. The fourth-order valence-electron chi connectivity index (χ4n) is 4.72. The van der Waals surface area contributed by atoms with Crippen molar-refractivity contribution in [1.82, 2.24) is 15.0 Å². The predicted octanol–water partition coefficient (Wildman–Crippen LogP) is 2.55. The van der Waals surface area contributed by atoms with Crippen molar-refractivity contribution in [2.45, 2.75) is 58.3 Å². The topological polar surface area (TPSA) is 137 Å². The lowest BCUT2D eigenvalue weighted by Crippen LogP contribution is -2.35. The third-order valence-electron chi connectivity index (χ3n) is 6.74. The second-order valence-electron chi connectivity index (χ2n) is 9.47. The minimum atomic E-state index is -1.02. The standard InChI is InChI=1S/C24H31N5O4/c1-11-6-15-8-18(33-22(15)13(3)26-11)19-12(2)27-24(25-9-14-4-5-14)29-23(19)28-17-7-16(10-30)20(31)21(17)32/h6,8,14,16-17,20-21,30-32H,4-5,7,9-10H2,1-3H3,(H2,25,27,28,29)/t16-,17-,20-,21+/m1/s1. The molecule has 0 spiro atoms. The monoisotopic (exact) mass is 453 g/mol. The van der Waals surface area contributed by atoms with Gasteiger partial charge in [-0.05, 0) is 58.1 Å². The van der Waals surface area contributed by atoms with Gasteiger partial charge in [0.05, 0.1) is 29.1 Å². The maximum atomic E-state index is 10.6. The summed E-state index contributed by atoms with van der Waals surface area (Å²) in [6.07, 6.45) is 0.854. The number of nitrogens with one attached hydrogen (secondary N) is 2. The van der Waals surface area contributed by atoms with Crippen molar-refractivity contribution in [3.8, 4) is 11.3 Å². The van der Waals surface area contributed by atoms with E-state index < -0.39 is 18.2 Å². The van der Waals surface area contributed by atoms with Gasteiger partial charge >= 0.3 is 0 Å². The van der Waals surface area contributed by atoms with Gasteiger partial charge in [0.25, 0.3) is 0 Å². The van der Waals surface area contributed by atoms with Crippen LogP contribution in [0.4, 0.5) is 11.8 Å².